The molecule has 5 nitrogen and oxygen atoms in total. The maximum atomic E-state index is 11.4. The van der Waals surface area contributed by atoms with Gasteiger partial charge < -0.3 is 5.73 Å². The van der Waals surface area contributed by atoms with Crippen LogP contribution >= 0.6 is 0 Å². The molecule has 2 aromatic heterocycles. The Balaban J connectivity index is 2.44. The van der Waals surface area contributed by atoms with Crippen molar-refractivity contribution in [1.29, 1.82) is 0 Å². The summed E-state index contributed by atoms with van der Waals surface area (Å²) in [5.74, 6) is 0. The summed E-state index contributed by atoms with van der Waals surface area (Å²) in [5, 5.41) is 4.23. The lowest BCUT2D eigenvalue weighted by Crippen LogP contribution is -2.25. The molecule has 0 unspecified atom stereocenters. The van der Waals surface area contributed by atoms with Gasteiger partial charge in [0.15, 0.2) is 0 Å². The number of rotatable bonds is 3. The van der Waals surface area contributed by atoms with Crippen molar-refractivity contribution < 1.29 is 0 Å². The van der Waals surface area contributed by atoms with Crippen molar-refractivity contribution in [3.05, 3.63) is 47.0 Å². The van der Waals surface area contributed by atoms with Gasteiger partial charge in [-0.15, -0.1) is 0 Å². The van der Waals surface area contributed by atoms with Gasteiger partial charge in [0, 0.05) is 30.6 Å². The third-order valence-corrected chi connectivity index (χ3v) is 2.18. The zero-order chi connectivity index (χ0) is 11.4. The number of hydrogen-bond acceptors (Lipinski definition) is 4. The van der Waals surface area contributed by atoms with Crippen LogP contribution in [0, 0.1) is 0 Å². The molecule has 0 spiro atoms. The van der Waals surface area contributed by atoms with E-state index in [0.29, 0.717) is 13.1 Å². The van der Waals surface area contributed by atoms with Gasteiger partial charge in [0.05, 0.1) is 12.2 Å². The van der Waals surface area contributed by atoms with Gasteiger partial charge in [-0.25, -0.2) is 4.68 Å². The summed E-state index contributed by atoms with van der Waals surface area (Å²) in [6, 6.07) is 6.89. The third kappa shape index (κ3) is 2.14. The molecule has 0 saturated carbocycles. The quantitative estimate of drug-likeness (QED) is 0.798. The molecule has 5 heteroatoms. The molecule has 82 valence electrons. The van der Waals surface area contributed by atoms with Gasteiger partial charge in [0.1, 0.15) is 0 Å². The molecule has 0 radical (unpaired) electrons. The minimum Gasteiger partial charge on any atom is -0.329 e. The first-order chi connectivity index (χ1) is 7.81. The number of nitrogens with two attached hydrogens (primary N) is 1. The van der Waals surface area contributed by atoms with Crippen LogP contribution in [0.5, 0.6) is 0 Å². The molecule has 0 atom stereocenters. The second-order valence-corrected chi connectivity index (χ2v) is 3.30. The first-order valence-corrected chi connectivity index (χ1v) is 5.00. The van der Waals surface area contributed by atoms with Crippen LogP contribution in [0.25, 0.3) is 11.3 Å². The Morgan fingerprint density at radius 3 is 2.62 bits per heavy atom. The van der Waals surface area contributed by atoms with E-state index in [1.807, 2.05) is 12.1 Å². The van der Waals surface area contributed by atoms with Crippen LogP contribution in [0.15, 0.2) is 41.5 Å². The summed E-state index contributed by atoms with van der Waals surface area (Å²) in [4.78, 5) is 15.4. The fourth-order valence-electron chi connectivity index (χ4n) is 1.41. The van der Waals surface area contributed by atoms with Crippen LogP contribution < -0.4 is 11.3 Å². The second-order valence-electron chi connectivity index (χ2n) is 3.30. The Kier molecular flexibility index (Phi) is 3.07. The zero-order valence-electron chi connectivity index (χ0n) is 8.71. The fourth-order valence-corrected chi connectivity index (χ4v) is 1.41. The molecule has 2 aromatic rings. The summed E-state index contributed by atoms with van der Waals surface area (Å²) in [6.45, 7) is 0.824. The van der Waals surface area contributed by atoms with Gasteiger partial charge in [-0.1, -0.05) is 0 Å². The average molecular weight is 216 g/mol. The molecule has 0 aliphatic rings. The van der Waals surface area contributed by atoms with Crippen LogP contribution in [0.4, 0.5) is 0 Å². The van der Waals surface area contributed by atoms with E-state index in [9.17, 15) is 4.79 Å². The standard InChI is InChI=1S/C11H12N4O/c12-5-8-15-11(16)2-1-10(14-15)9-3-6-13-7-4-9/h1-4,6-7H,5,8,12H2. The highest BCUT2D eigenvalue weighted by Gasteiger charge is 2.01. The molecule has 0 bridgehead atoms. The van der Waals surface area contributed by atoms with E-state index in [4.69, 9.17) is 5.73 Å². The lowest BCUT2D eigenvalue weighted by molar-refractivity contribution is 0.590. The molecule has 2 N–H and O–H groups in total. The van der Waals surface area contributed by atoms with Crippen molar-refractivity contribution in [3.8, 4) is 11.3 Å². The van der Waals surface area contributed by atoms with E-state index in [-0.39, 0.29) is 5.56 Å². The molecule has 2 heterocycles. The van der Waals surface area contributed by atoms with E-state index in [2.05, 4.69) is 10.1 Å². The topological polar surface area (TPSA) is 73.8 Å². The van der Waals surface area contributed by atoms with Gasteiger partial charge in [0.25, 0.3) is 5.56 Å². The monoisotopic (exact) mass is 216 g/mol. The van der Waals surface area contributed by atoms with Crippen LogP contribution in [0.3, 0.4) is 0 Å². The van der Waals surface area contributed by atoms with Gasteiger partial charge in [-0.05, 0) is 18.2 Å². The highest BCUT2D eigenvalue weighted by Crippen LogP contribution is 2.12. The number of pyridine rings is 1. The summed E-state index contributed by atoms with van der Waals surface area (Å²) < 4.78 is 1.37. The van der Waals surface area contributed by atoms with Gasteiger partial charge >= 0.3 is 0 Å². The normalized spacial score (nSPS) is 10.3. The first kappa shape index (κ1) is 10.5. The molecule has 0 aromatic carbocycles. The fraction of sp³-hybridized carbons (Fsp3) is 0.182. The molecule has 0 fully saturated rings. The van der Waals surface area contributed by atoms with E-state index >= 15 is 0 Å². The molecule has 0 aliphatic heterocycles. The third-order valence-electron chi connectivity index (χ3n) is 2.18. The van der Waals surface area contributed by atoms with E-state index in [0.717, 1.165) is 11.3 Å². The minimum absolute atomic E-state index is 0.136. The van der Waals surface area contributed by atoms with E-state index in [1.165, 1.54) is 10.7 Å². The van der Waals surface area contributed by atoms with Crippen LogP contribution in [-0.4, -0.2) is 21.3 Å². The van der Waals surface area contributed by atoms with Gasteiger partial charge in [0.2, 0.25) is 0 Å². The Bertz CT molecular complexity index is 521. The van der Waals surface area contributed by atoms with Crippen molar-refractivity contribution in [1.82, 2.24) is 14.8 Å². The Labute approximate surface area is 92.6 Å². The van der Waals surface area contributed by atoms with E-state index in [1.54, 1.807) is 18.5 Å². The molecular weight excluding hydrogens is 204 g/mol. The first-order valence-electron chi connectivity index (χ1n) is 5.00. The van der Waals surface area contributed by atoms with E-state index < -0.39 is 0 Å². The smallest absolute Gasteiger partial charge is 0.266 e. The SMILES string of the molecule is NCCn1nc(-c2ccncc2)ccc1=O. The summed E-state index contributed by atoms with van der Waals surface area (Å²) in [7, 11) is 0. The predicted molar refractivity (Wildman–Crippen MR) is 60.8 cm³/mol. The zero-order valence-corrected chi connectivity index (χ0v) is 8.71. The summed E-state index contributed by atoms with van der Waals surface area (Å²) in [5.41, 5.74) is 6.95. The highest BCUT2D eigenvalue weighted by atomic mass is 16.1. The average Bonchev–Trinajstić information content (AvgIpc) is 2.33. The molecular formula is C11H12N4O. The Hall–Kier alpha value is -2.01. The second kappa shape index (κ2) is 4.67. The predicted octanol–water partition coefficient (Wildman–Crippen LogP) is 0.264. The largest absolute Gasteiger partial charge is 0.329 e. The van der Waals surface area contributed by atoms with Crippen molar-refractivity contribution in [3.63, 3.8) is 0 Å². The highest BCUT2D eigenvalue weighted by molar-refractivity contribution is 5.56. The van der Waals surface area contributed by atoms with Crippen molar-refractivity contribution in [2.45, 2.75) is 6.54 Å². The number of hydrogen-bond donors (Lipinski definition) is 1. The minimum atomic E-state index is -0.136. The summed E-state index contributed by atoms with van der Waals surface area (Å²) in [6.07, 6.45) is 3.38. The number of nitrogens with zero attached hydrogens (tertiary/aromatic N) is 3. The van der Waals surface area contributed by atoms with Crippen molar-refractivity contribution >= 4 is 0 Å². The number of aromatic nitrogens is 3. The summed E-state index contributed by atoms with van der Waals surface area (Å²) >= 11 is 0. The Morgan fingerprint density at radius 1 is 1.19 bits per heavy atom. The van der Waals surface area contributed by atoms with Gasteiger partial charge in [-0.2, -0.15) is 5.10 Å². The van der Waals surface area contributed by atoms with Crippen molar-refractivity contribution in [2.24, 2.45) is 5.73 Å². The van der Waals surface area contributed by atoms with Crippen LogP contribution in [0.2, 0.25) is 0 Å². The molecule has 0 amide bonds. The molecule has 0 saturated heterocycles. The van der Waals surface area contributed by atoms with Gasteiger partial charge in [-0.3, -0.25) is 9.78 Å². The lowest BCUT2D eigenvalue weighted by atomic mass is 10.2. The molecule has 0 aliphatic carbocycles. The molecule has 16 heavy (non-hydrogen) atoms. The Morgan fingerprint density at radius 2 is 1.94 bits per heavy atom. The van der Waals surface area contributed by atoms with Crippen LogP contribution in [-0.2, 0) is 6.54 Å². The van der Waals surface area contributed by atoms with Crippen LogP contribution in [0.1, 0.15) is 0 Å². The maximum Gasteiger partial charge on any atom is 0.266 e. The van der Waals surface area contributed by atoms with Crippen molar-refractivity contribution in [2.75, 3.05) is 6.54 Å². The molecule has 2 rings (SSSR count). The maximum absolute atomic E-state index is 11.4. The lowest BCUT2D eigenvalue weighted by Gasteiger charge is -2.05.